The predicted octanol–water partition coefficient (Wildman–Crippen LogP) is 2.12. The fourth-order valence-electron chi connectivity index (χ4n) is 2.67. The Morgan fingerprint density at radius 1 is 0.818 bits per heavy atom. The van der Waals surface area contributed by atoms with E-state index in [-0.39, 0.29) is 22.9 Å². The number of aromatic nitrogens is 2. The zero-order valence-corrected chi connectivity index (χ0v) is 16.9. The van der Waals surface area contributed by atoms with Gasteiger partial charge < -0.3 is 0 Å². The third kappa shape index (κ3) is 5.32. The number of hydrazine groups is 2. The molecule has 4 N–H and O–H groups in total. The molecule has 0 aliphatic carbocycles. The zero-order chi connectivity index (χ0) is 24.0. The molecule has 1 heterocycles. The average Bonchev–Trinajstić information content (AvgIpc) is 2.81. The molecule has 0 unspecified atom stereocenters. The van der Waals surface area contributed by atoms with Crippen LogP contribution in [-0.2, 0) is 0 Å². The first-order valence-electron chi connectivity index (χ1n) is 9.20. The van der Waals surface area contributed by atoms with Crippen LogP contribution in [0.1, 0.15) is 26.3 Å². The predicted molar refractivity (Wildman–Crippen MR) is 115 cm³/mol. The summed E-state index contributed by atoms with van der Waals surface area (Å²) in [4.78, 5) is 53.0. The van der Waals surface area contributed by atoms with Crippen molar-refractivity contribution >= 4 is 34.8 Å². The summed E-state index contributed by atoms with van der Waals surface area (Å²) in [5, 5.41) is 22.3. The van der Waals surface area contributed by atoms with Gasteiger partial charge in [0.2, 0.25) is 11.6 Å². The molecule has 0 atom stereocenters. The second-order valence-corrected chi connectivity index (χ2v) is 6.45. The van der Waals surface area contributed by atoms with E-state index in [9.17, 15) is 29.8 Å². The van der Waals surface area contributed by atoms with E-state index < -0.39 is 27.3 Å². The zero-order valence-electron chi connectivity index (χ0n) is 16.9. The topological polar surface area (TPSA) is 194 Å². The molecule has 1 aromatic heterocycles. The van der Waals surface area contributed by atoms with E-state index in [4.69, 9.17) is 0 Å². The van der Waals surface area contributed by atoms with Crippen molar-refractivity contribution in [3.05, 3.63) is 91.8 Å². The number of carbonyl (C=O) groups is 2. The van der Waals surface area contributed by atoms with Crippen LogP contribution >= 0.6 is 0 Å². The molecule has 168 valence electrons. The lowest BCUT2D eigenvalue weighted by atomic mass is 10.1. The SMILES string of the molecule is Cc1ccccc1C(=O)NNc1ncnc(NNC(=O)c2ccc([N+](=O)[O-])cc2)c1[N+](=O)[O-]. The van der Waals surface area contributed by atoms with Crippen LogP contribution in [0.3, 0.4) is 0 Å². The minimum absolute atomic E-state index is 0.0636. The molecule has 14 heteroatoms. The highest BCUT2D eigenvalue weighted by molar-refractivity contribution is 5.97. The van der Waals surface area contributed by atoms with Crippen LogP contribution in [0.5, 0.6) is 0 Å². The Morgan fingerprint density at radius 2 is 1.39 bits per heavy atom. The summed E-state index contributed by atoms with van der Waals surface area (Å²) in [5.41, 5.74) is 9.53. The van der Waals surface area contributed by atoms with Gasteiger partial charge in [0.15, 0.2) is 0 Å². The van der Waals surface area contributed by atoms with Gasteiger partial charge in [-0.3, -0.25) is 51.5 Å². The molecule has 0 fully saturated rings. The fraction of sp³-hybridized carbons (Fsp3) is 0.0526. The number of carbonyl (C=O) groups excluding carboxylic acids is 2. The Morgan fingerprint density at radius 3 is 1.94 bits per heavy atom. The Kier molecular flexibility index (Phi) is 6.68. The van der Waals surface area contributed by atoms with Gasteiger partial charge in [-0.25, -0.2) is 9.97 Å². The molecule has 14 nitrogen and oxygen atoms in total. The van der Waals surface area contributed by atoms with E-state index in [2.05, 4.69) is 31.7 Å². The fourth-order valence-corrected chi connectivity index (χ4v) is 2.67. The van der Waals surface area contributed by atoms with Gasteiger partial charge >= 0.3 is 5.69 Å². The molecule has 0 aliphatic rings. The first-order valence-corrected chi connectivity index (χ1v) is 9.20. The lowest BCUT2D eigenvalue weighted by Gasteiger charge is -2.12. The number of nitrogens with one attached hydrogen (secondary N) is 4. The van der Waals surface area contributed by atoms with Crippen molar-refractivity contribution in [1.29, 1.82) is 0 Å². The second kappa shape index (κ2) is 9.78. The third-order valence-electron chi connectivity index (χ3n) is 4.32. The van der Waals surface area contributed by atoms with Crippen LogP contribution in [0, 0.1) is 27.2 Å². The number of rotatable bonds is 8. The number of hydrogen-bond acceptors (Lipinski definition) is 10. The second-order valence-electron chi connectivity index (χ2n) is 6.45. The molecule has 0 aliphatic heterocycles. The van der Waals surface area contributed by atoms with E-state index in [0.29, 0.717) is 11.1 Å². The summed E-state index contributed by atoms with van der Waals surface area (Å²) < 4.78 is 0. The van der Waals surface area contributed by atoms with E-state index in [1.165, 1.54) is 12.1 Å². The monoisotopic (exact) mass is 452 g/mol. The van der Waals surface area contributed by atoms with Crippen molar-refractivity contribution in [1.82, 2.24) is 20.8 Å². The van der Waals surface area contributed by atoms with Crippen molar-refractivity contribution in [2.45, 2.75) is 6.92 Å². The Hall–Kier alpha value is -5.14. The van der Waals surface area contributed by atoms with Gasteiger partial charge in [-0.05, 0) is 30.7 Å². The smallest absolute Gasteiger partial charge is 0.276 e. The normalized spacial score (nSPS) is 10.1. The first-order chi connectivity index (χ1) is 15.8. The van der Waals surface area contributed by atoms with Crippen LogP contribution in [0.4, 0.5) is 23.0 Å². The maximum absolute atomic E-state index is 12.3. The largest absolute Gasteiger partial charge is 0.356 e. The molecular formula is C19H16N8O6. The maximum Gasteiger partial charge on any atom is 0.356 e. The van der Waals surface area contributed by atoms with Crippen molar-refractivity contribution < 1.29 is 19.4 Å². The van der Waals surface area contributed by atoms with Crippen molar-refractivity contribution in [3.63, 3.8) is 0 Å². The minimum atomic E-state index is -0.803. The molecule has 3 rings (SSSR count). The van der Waals surface area contributed by atoms with Gasteiger partial charge in [0, 0.05) is 23.3 Å². The van der Waals surface area contributed by atoms with E-state index in [1.54, 1.807) is 31.2 Å². The quantitative estimate of drug-likeness (QED) is 0.290. The van der Waals surface area contributed by atoms with Crippen LogP contribution in [0.2, 0.25) is 0 Å². The maximum atomic E-state index is 12.3. The number of nitro groups is 2. The van der Waals surface area contributed by atoms with Gasteiger partial charge in [0.25, 0.3) is 17.5 Å². The number of anilines is 2. The number of hydrogen-bond donors (Lipinski definition) is 4. The molecule has 0 saturated carbocycles. The number of non-ortho nitro benzene ring substituents is 1. The number of aryl methyl sites for hydroxylation is 1. The van der Waals surface area contributed by atoms with E-state index >= 15 is 0 Å². The van der Waals surface area contributed by atoms with Crippen LogP contribution in [0.15, 0.2) is 54.9 Å². The summed E-state index contributed by atoms with van der Waals surface area (Å²) in [7, 11) is 0. The molecule has 2 aromatic carbocycles. The lowest BCUT2D eigenvalue weighted by Crippen LogP contribution is -2.32. The number of nitro benzene ring substituents is 1. The standard InChI is InChI=1S/C19H16N8O6/c1-11-4-2-3-5-14(11)19(29)25-23-17-15(27(32)33)16(20-10-21-17)22-24-18(28)12-6-8-13(9-7-12)26(30)31/h2-10H,1H3,(H,24,28)(H,25,29)(H2,20,21,22,23). The van der Waals surface area contributed by atoms with Crippen LogP contribution in [-0.4, -0.2) is 31.6 Å². The molecule has 3 aromatic rings. The third-order valence-corrected chi connectivity index (χ3v) is 4.32. The van der Waals surface area contributed by atoms with Gasteiger partial charge in [-0.15, -0.1) is 0 Å². The highest BCUT2D eigenvalue weighted by Gasteiger charge is 2.24. The Labute approximate surface area is 185 Å². The minimum Gasteiger partial charge on any atom is -0.276 e. The van der Waals surface area contributed by atoms with Gasteiger partial charge in [0.1, 0.15) is 6.33 Å². The molecule has 33 heavy (non-hydrogen) atoms. The highest BCUT2D eigenvalue weighted by Crippen LogP contribution is 2.28. The molecular weight excluding hydrogens is 436 g/mol. The van der Waals surface area contributed by atoms with Gasteiger partial charge in [-0.1, -0.05) is 18.2 Å². The first kappa shape index (κ1) is 22.5. The summed E-state index contributed by atoms with van der Waals surface area (Å²) in [6, 6.07) is 11.5. The van der Waals surface area contributed by atoms with Gasteiger partial charge in [-0.2, -0.15) is 0 Å². The molecule has 0 radical (unpaired) electrons. The summed E-state index contributed by atoms with van der Waals surface area (Å²) in [5.74, 6) is -1.95. The lowest BCUT2D eigenvalue weighted by molar-refractivity contribution is -0.384. The van der Waals surface area contributed by atoms with Crippen molar-refractivity contribution in [2.75, 3.05) is 10.9 Å². The van der Waals surface area contributed by atoms with Gasteiger partial charge in [0.05, 0.1) is 9.85 Å². The highest BCUT2D eigenvalue weighted by atomic mass is 16.6. The number of amides is 2. The molecule has 2 amide bonds. The van der Waals surface area contributed by atoms with Crippen LogP contribution < -0.4 is 21.7 Å². The molecule has 0 saturated heterocycles. The number of benzene rings is 2. The van der Waals surface area contributed by atoms with Crippen molar-refractivity contribution in [3.8, 4) is 0 Å². The Balaban J connectivity index is 1.72. The molecule has 0 bridgehead atoms. The summed E-state index contributed by atoms with van der Waals surface area (Å²) in [6.07, 6.45) is 0.982. The van der Waals surface area contributed by atoms with Crippen molar-refractivity contribution in [2.24, 2.45) is 0 Å². The van der Waals surface area contributed by atoms with Crippen LogP contribution in [0.25, 0.3) is 0 Å². The summed E-state index contributed by atoms with van der Waals surface area (Å²) in [6.45, 7) is 1.73. The average molecular weight is 452 g/mol. The molecule has 0 spiro atoms. The van der Waals surface area contributed by atoms with E-state index in [1.807, 2.05) is 0 Å². The number of nitrogens with zero attached hydrogens (tertiary/aromatic N) is 4. The van der Waals surface area contributed by atoms with E-state index in [0.717, 1.165) is 18.5 Å². The summed E-state index contributed by atoms with van der Waals surface area (Å²) >= 11 is 0. The Bertz CT molecular complexity index is 1230.